The molecule has 4 heteroatoms. The van der Waals surface area contributed by atoms with Crippen LogP contribution in [0.4, 0.5) is 0 Å². The van der Waals surface area contributed by atoms with Crippen molar-refractivity contribution in [2.24, 2.45) is 23.7 Å². The van der Waals surface area contributed by atoms with Crippen LogP contribution in [0, 0.1) is 23.7 Å². The summed E-state index contributed by atoms with van der Waals surface area (Å²) in [6.45, 7) is 8.83. The molecule has 1 N–H and O–H groups in total. The third kappa shape index (κ3) is 10.6. The molecule has 0 heterocycles. The van der Waals surface area contributed by atoms with Crippen LogP contribution < -0.4 is 0 Å². The summed E-state index contributed by atoms with van der Waals surface area (Å²) in [5.41, 5.74) is 0. The van der Waals surface area contributed by atoms with Gasteiger partial charge in [0, 0.05) is 0 Å². The van der Waals surface area contributed by atoms with E-state index in [1.165, 1.54) is 51.4 Å². The third-order valence-electron chi connectivity index (χ3n) is 6.62. The van der Waals surface area contributed by atoms with Crippen LogP contribution in [0.2, 0.25) is 0 Å². The summed E-state index contributed by atoms with van der Waals surface area (Å²) in [6, 6.07) is 0. The van der Waals surface area contributed by atoms with Crippen molar-refractivity contribution < 1.29 is 19.4 Å². The van der Waals surface area contributed by atoms with Crippen molar-refractivity contribution in [2.45, 2.75) is 117 Å². The molecule has 1 rings (SSSR count). The molecule has 0 amide bonds. The fourth-order valence-electron chi connectivity index (χ4n) is 4.27. The minimum atomic E-state index is -0.898. The molecule has 30 heavy (non-hydrogen) atoms. The first-order valence-corrected chi connectivity index (χ1v) is 12.4. The van der Waals surface area contributed by atoms with Crippen LogP contribution in [0.3, 0.4) is 0 Å². The minimum absolute atomic E-state index is 0.0983. The number of carbonyl (C=O) groups excluding carboxylic acids is 1. The summed E-state index contributed by atoms with van der Waals surface area (Å²) < 4.78 is 5.88. The molecule has 4 nitrogen and oxygen atoms in total. The summed E-state index contributed by atoms with van der Waals surface area (Å²) in [4.78, 5) is 24.2. The lowest BCUT2D eigenvalue weighted by Crippen LogP contribution is -2.36. The fourth-order valence-corrected chi connectivity index (χ4v) is 4.27. The molecular formula is C26H46O4. The molecule has 0 aromatic rings. The van der Waals surface area contributed by atoms with Gasteiger partial charge in [0.05, 0.1) is 11.8 Å². The molecule has 1 aliphatic carbocycles. The molecule has 0 aliphatic heterocycles. The van der Waals surface area contributed by atoms with Gasteiger partial charge in [-0.05, 0) is 37.5 Å². The van der Waals surface area contributed by atoms with Crippen LogP contribution >= 0.6 is 0 Å². The van der Waals surface area contributed by atoms with Crippen molar-refractivity contribution in [3.8, 4) is 0 Å². The molecule has 0 spiro atoms. The fraction of sp³-hybridized carbons (Fsp3) is 0.846. The number of hydrogen-bond acceptors (Lipinski definition) is 3. The number of aliphatic carboxylic acids is 1. The Morgan fingerprint density at radius 1 is 0.867 bits per heavy atom. The van der Waals surface area contributed by atoms with Gasteiger partial charge in [0.1, 0.15) is 6.10 Å². The zero-order valence-electron chi connectivity index (χ0n) is 19.9. The van der Waals surface area contributed by atoms with Gasteiger partial charge in [-0.1, -0.05) is 97.6 Å². The average Bonchev–Trinajstić information content (AvgIpc) is 2.73. The number of allylic oxidation sites excluding steroid dienone is 2. The third-order valence-corrected chi connectivity index (χ3v) is 6.62. The maximum absolute atomic E-state index is 12.7. The molecule has 0 saturated carbocycles. The molecule has 4 unspecified atom stereocenters. The van der Waals surface area contributed by atoms with Gasteiger partial charge in [-0.25, -0.2) is 0 Å². The van der Waals surface area contributed by atoms with Gasteiger partial charge in [-0.3, -0.25) is 9.59 Å². The standard InChI is InChI=1S/C26H46O4/c1-5-21(4)24(19-13-11-9-7-6-8-10-12-16-20(2)3)30-26(29)23-18-15-14-17-22(23)25(27)28/h14-15,20-24H,5-13,16-19H2,1-4H3,(H,27,28). The number of ether oxygens (including phenoxy) is 1. The van der Waals surface area contributed by atoms with Crippen molar-refractivity contribution in [1.82, 2.24) is 0 Å². The number of hydrogen-bond donors (Lipinski definition) is 1. The normalized spacial score (nSPS) is 20.8. The summed E-state index contributed by atoms with van der Waals surface area (Å²) in [6.07, 6.45) is 17.9. The molecule has 0 saturated heterocycles. The van der Waals surface area contributed by atoms with Gasteiger partial charge in [-0.2, -0.15) is 0 Å². The molecule has 174 valence electrons. The predicted molar refractivity (Wildman–Crippen MR) is 123 cm³/mol. The summed E-state index contributed by atoms with van der Waals surface area (Å²) in [5, 5.41) is 9.42. The van der Waals surface area contributed by atoms with E-state index in [2.05, 4.69) is 27.7 Å². The highest BCUT2D eigenvalue weighted by atomic mass is 16.5. The number of unbranched alkanes of at least 4 members (excludes halogenated alkanes) is 7. The van der Waals surface area contributed by atoms with Gasteiger partial charge in [0.2, 0.25) is 0 Å². The minimum Gasteiger partial charge on any atom is -0.481 e. The van der Waals surface area contributed by atoms with Crippen LogP contribution in [0.15, 0.2) is 12.2 Å². The molecule has 0 fully saturated rings. The van der Waals surface area contributed by atoms with E-state index in [1.54, 1.807) is 0 Å². The first-order chi connectivity index (χ1) is 14.4. The van der Waals surface area contributed by atoms with Gasteiger partial charge >= 0.3 is 11.9 Å². The molecular weight excluding hydrogens is 376 g/mol. The van der Waals surface area contributed by atoms with E-state index < -0.39 is 17.8 Å². The highest BCUT2D eigenvalue weighted by Crippen LogP contribution is 2.29. The van der Waals surface area contributed by atoms with Crippen LogP contribution in [-0.2, 0) is 14.3 Å². The van der Waals surface area contributed by atoms with E-state index in [4.69, 9.17) is 4.74 Å². The number of carbonyl (C=O) groups is 2. The number of rotatable bonds is 16. The molecule has 0 aromatic carbocycles. The quantitative estimate of drug-likeness (QED) is 0.163. The second-order valence-corrected chi connectivity index (χ2v) is 9.65. The molecule has 0 aromatic heterocycles. The highest BCUT2D eigenvalue weighted by Gasteiger charge is 2.36. The maximum atomic E-state index is 12.7. The van der Waals surface area contributed by atoms with Crippen molar-refractivity contribution in [3.63, 3.8) is 0 Å². The van der Waals surface area contributed by atoms with Gasteiger partial charge in [0.25, 0.3) is 0 Å². The second-order valence-electron chi connectivity index (χ2n) is 9.65. The lowest BCUT2D eigenvalue weighted by atomic mass is 9.83. The topological polar surface area (TPSA) is 63.6 Å². The van der Waals surface area contributed by atoms with Crippen molar-refractivity contribution in [1.29, 1.82) is 0 Å². The first kappa shape index (κ1) is 26.7. The monoisotopic (exact) mass is 422 g/mol. The van der Waals surface area contributed by atoms with E-state index in [1.807, 2.05) is 12.2 Å². The van der Waals surface area contributed by atoms with Crippen LogP contribution in [-0.4, -0.2) is 23.1 Å². The zero-order valence-corrected chi connectivity index (χ0v) is 19.9. The average molecular weight is 423 g/mol. The van der Waals surface area contributed by atoms with Crippen LogP contribution in [0.25, 0.3) is 0 Å². The Morgan fingerprint density at radius 3 is 1.87 bits per heavy atom. The molecule has 4 atom stereocenters. The van der Waals surface area contributed by atoms with Gasteiger partial charge < -0.3 is 9.84 Å². The van der Waals surface area contributed by atoms with E-state index >= 15 is 0 Å². The number of esters is 1. The Morgan fingerprint density at radius 2 is 1.37 bits per heavy atom. The van der Waals surface area contributed by atoms with Crippen molar-refractivity contribution >= 4 is 11.9 Å². The van der Waals surface area contributed by atoms with Gasteiger partial charge in [-0.15, -0.1) is 0 Å². The lowest BCUT2D eigenvalue weighted by Gasteiger charge is -2.28. The summed E-state index contributed by atoms with van der Waals surface area (Å²) >= 11 is 0. The van der Waals surface area contributed by atoms with E-state index in [0.717, 1.165) is 25.2 Å². The first-order valence-electron chi connectivity index (χ1n) is 12.4. The largest absolute Gasteiger partial charge is 0.481 e. The highest BCUT2D eigenvalue weighted by molar-refractivity contribution is 5.81. The Hall–Kier alpha value is -1.32. The zero-order chi connectivity index (χ0) is 22.4. The number of carboxylic acid groups (broad SMARTS) is 1. The second kappa shape index (κ2) is 15.5. The summed E-state index contributed by atoms with van der Waals surface area (Å²) in [7, 11) is 0. The van der Waals surface area contributed by atoms with Crippen molar-refractivity contribution in [2.75, 3.05) is 0 Å². The maximum Gasteiger partial charge on any atom is 0.310 e. The van der Waals surface area contributed by atoms with E-state index in [0.29, 0.717) is 18.8 Å². The van der Waals surface area contributed by atoms with E-state index in [9.17, 15) is 14.7 Å². The molecule has 0 radical (unpaired) electrons. The van der Waals surface area contributed by atoms with Crippen LogP contribution in [0.5, 0.6) is 0 Å². The van der Waals surface area contributed by atoms with E-state index in [-0.39, 0.29) is 12.1 Å². The predicted octanol–water partition coefficient (Wildman–Crippen LogP) is 7.17. The Balaban J connectivity index is 2.31. The van der Waals surface area contributed by atoms with Crippen molar-refractivity contribution in [3.05, 3.63) is 12.2 Å². The Labute approximate surface area is 184 Å². The Kier molecular flexibility index (Phi) is 13.8. The number of carboxylic acids is 1. The van der Waals surface area contributed by atoms with Gasteiger partial charge in [0.15, 0.2) is 0 Å². The Bertz CT molecular complexity index is 511. The SMILES string of the molecule is CCC(C)C(CCCCCCCCCCC(C)C)OC(=O)C1CC=CCC1C(=O)O. The molecule has 0 bridgehead atoms. The lowest BCUT2D eigenvalue weighted by molar-refractivity contribution is -0.164. The smallest absolute Gasteiger partial charge is 0.310 e. The summed E-state index contributed by atoms with van der Waals surface area (Å²) in [5.74, 6) is -1.29. The van der Waals surface area contributed by atoms with Crippen LogP contribution in [0.1, 0.15) is 111 Å². The molecule has 1 aliphatic rings.